The molecular formula is C29H32F3N7O3. The fraction of sp³-hybridized carbons (Fsp3) is 0.379. The molecule has 2 aromatic carbocycles. The second-order valence-electron chi connectivity index (χ2n) is 10.1. The van der Waals surface area contributed by atoms with E-state index in [4.69, 9.17) is 4.74 Å². The summed E-state index contributed by atoms with van der Waals surface area (Å²) in [7, 11) is 5.14. The third kappa shape index (κ3) is 5.95. The molecule has 1 aliphatic heterocycles. The predicted octanol–water partition coefficient (Wildman–Crippen LogP) is 4.03. The molecule has 0 saturated carbocycles. The van der Waals surface area contributed by atoms with Crippen molar-refractivity contribution in [3.05, 3.63) is 86.5 Å². The van der Waals surface area contributed by atoms with Crippen molar-refractivity contribution in [1.29, 1.82) is 5.26 Å². The highest BCUT2D eigenvalue weighted by atomic mass is 19.4. The first-order valence-corrected chi connectivity index (χ1v) is 13.2. The number of alkyl halides is 3. The van der Waals surface area contributed by atoms with Gasteiger partial charge in [0.15, 0.2) is 0 Å². The molecule has 0 radical (unpaired) electrons. The van der Waals surface area contributed by atoms with Crippen LogP contribution in [-0.2, 0) is 22.3 Å². The lowest BCUT2D eigenvalue weighted by Gasteiger charge is -2.36. The number of hydrogen-bond acceptors (Lipinski definition) is 8. The number of nitrogens with zero attached hydrogens (tertiary/aromatic N) is 6. The van der Waals surface area contributed by atoms with E-state index >= 15 is 0 Å². The molecule has 0 saturated heterocycles. The molecule has 0 bridgehead atoms. The molecule has 1 aromatic heterocycles. The molecule has 3 aromatic rings. The fourth-order valence-corrected chi connectivity index (χ4v) is 5.03. The van der Waals surface area contributed by atoms with E-state index in [-0.39, 0.29) is 22.9 Å². The molecule has 1 N–H and O–H groups in total. The molecule has 222 valence electrons. The van der Waals surface area contributed by atoms with Crippen LogP contribution in [0.4, 0.5) is 24.8 Å². The molecule has 4 rings (SSSR count). The zero-order valence-corrected chi connectivity index (χ0v) is 24.0. The number of rotatable bonds is 9. The minimum atomic E-state index is -4.61. The van der Waals surface area contributed by atoms with E-state index in [1.807, 2.05) is 14.1 Å². The highest BCUT2D eigenvalue weighted by molar-refractivity contribution is 5.93. The number of allylic oxidation sites excluding steroid dienone is 1. The van der Waals surface area contributed by atoms with E-state index in [9.17, 15) is 28.0 Å². The number of anilines is 2. The average Bonchev–Trinajstić information content (AvgIpc) is 3.34. The third-order valence-corrected chi connectivity index (χ3v) is 7.39. The molecule has 0 fully saturated rings. The molecule has 10 nitrogen and oxygen atoms in total. The van der Waals surface area contributed by atoms with Gasteiger partial charge in [0.2, 0.25) is 5.95 Å². The lowest BCUT2D eigenvalue weighted by molar-refractivity contribution is -0.138. The van der Waals surface area contributed by atoms with Crippen molar-refractivity contribution in [3.8, 4) is 6.07 Å². The Kier molecular flexibility index (Phi) is 8.89. The van der Waals surface area contributed by atoms with Gasteiger partial charge in [0.25, 0.3) is 0 Å². The Bertz CT molecular complexity index is 1600. The Morgan fingerprint density at radius 2 is 1.88 bits per heavy atom. The minimum Gasteiger partial charge on any atom is -0.466 e. The average molecular weight is 584 g/mol. The number of hydrogen-bond donors (Lipinski definition) is 1. The van der Waals surface area contributed by atoms with Crippen molar-refractivity contribution >= 4 is 17.6 Å². The van der Waals surface area contributed by atoms with Crippen molar-refractivity contribution < 1.29 is 22.7 Å². The number of esters is 1. The van der Waals surface area contributed by atoms with Crippen molar-refractivity contribution in [1.82, 2.24) is 24.6 Å². The summed E-state index contributed by atoms with van der Waals surface area (Å²) in [6, 6.07) is 10.6. The topological polar surface area (TPSA) is 110 Å². The minimum absolute atomic E-state index is 0.00251. The molecule has 0 aliphatic carbocycles. The molecule has 0 amide bonds. The molecule has 1 aliphatic rings. The maximum atomic E-state index is 13.6. The normalized spacial score (nSPS) is 15.3. The summed E-state index contributed by atoms with van der Waals surface area (Å²) in [5, 5.41) is 16.2. The molecule has 1 atom stereocenters. The molecular weight excluding hydrogens is 551 g/mol. The number of nitrogens with one attached hydrogen (secondary N) is 1. The Morgan fingerprint density at radius 1 is 1.17 bits per heavy atom. The maximum Gasteiger partial charge on any atom is 0.416 e. The van der Waals surface area contributed by atoms with E-state index in [2.05, 4.69) is 33.0 Å². The van der Waals surface area contributed by atoms with Gasteiger partial charge in [-0.25, -0.2) is 19.3 Å². The summed E-state index contributed by atoms with van der Waals surface area (Å²) >= 11 is 0. The van der Waals surface area contributed by atoms with Crippen LogP contribution in [0.5, 0.6) is 0 Å². The molecule has 2 heterocycles. The van der Waals surface area contributed by atoms with E-state index in [1.54, 1.807) is 25.1 Å². The number of aromatic nitrogens is 3. The van der Waals surface area contributed by atoms with Gasteiger partial charge in [-0.2, -0.15) is 18.4 Å². The highest BCUT2D eigenvalue weighted by Crippen LogP contribution is 2.43. The zero-order valence-electron chi connectivity index (χ0n) is 24.0. The number of benzene rings is 2. The smallest absolute Gasteiger partial charge is 0.416 e. The number of likely N-dealkylation sites (N-methyl/N-ethyl adjacent to an activating group) is 2. The highest BCUT2D eigenvalue weighted by Gasteiger charge is 2.41. The van der Waals surface area contributed by atoms with Crippen molar-refractivity contribution in [2.45, 2.75) is 32.6 Å². The second kappa shape index (κ2) is 12.2. The Labute approximate surface area is 241 Å². The second-order valence-corrected chi connectivity index (χ2v) is 10.1. The van der Waals surface area contributed by atoms with Crippen LogP contribution in [0.15, 0.2) is 58.5 Å². The summed E-state index contributed by atoms with van der Waals surface area (Å²) < 4.78 is 47.1. The van der Waals surface area contributed by atoms with E-state index in [0.717, 1.165) is 25.2 Å². The summed E-state index contributed by atoms with van der Waals surface area (Å²) in [4.78, 5) is 32.2. The Hall–Kier alpha value is -4.41. The van der Waals surface area contributed by atoms with Crippen LogP contribution in [0, 0.1) is 11.3 Å². The maximum absolute atomic E-state index is 13.6. The van der Waals surface area contributed by atoms with Gasteiger partial charge in [0.05, 0.1) is 29.9 Å². The number of nitriles is 1. The first-order valence-electron chi connectivity index (χ1n) is 13.2. The summed E-state index contributed by atoms with van der Waals surface area (Å²) in [5.41, 5.74) is 0.423. The van der Waals surface area contributed by atoms with Crippen molar-refractivity contribution in [2.24, 2.45) is 0 Å². The quantitative estimate of drug-likeness (QED) is 0.376. The van der Waals surface area contributed by atoms with E-state index in [0.29, 0.717) is 29.8 Å². The summed E-state index contributed by atoms with van der Waals surface area (Å²) in [6.45, 7) is 6.41. The van der Waals surface area contributed by atoms with Gasteiger partial charge in [-0.3, -0.25) is 4.90 Å². The van der Waals surface area contributed by atoms with Crippen LogP contribution in [0.1, 0.15) is 42.1 Å². The standard InChI is InChI=1S/C29H32F3N7O3/c1-6-36(3)12-13-37(4)17-20-14-19(16-33)10-11-23(20)25-24(26(40)42-5)18(2)38(27-34-35-28(41)39(25)27)22-9-7-8-21(15-22)29(30,31)32/h7-11,14-15,25H,6,12-13,17H2,1-5H3,(H,35,41)/t25-/m1/s1. The van der Waals surface area contributed by atoms with Gasteiger partial charge in [0.1, 0.15) is 6.04 Å². The van der Waals surface area contributed by atoms with E-state index in [1.165, 1.54) is 28.7 Å². The number of carbonyl (C=O) groups excluding carboxylic acids is 1. The van der Waals surface area contributed by atoms with Crippen molar-refractivity contribution in [2.75, 3.05) is 45.7 Å². The van der Waals surface area contributed by atoms with Gasteiger partial charge in [-0.1, -0.05) is 19.1 Å². The van der Waals surface area contributed by atoms with Crippen LogP contribution in [0.25, 0.3) is 0 Å². The predicted molar refractivity (Wildman–Crippen MR) is 150 cm³/mol. The van der Waals surface area contributed by atoms with Gasteiger partial charge in [-0.15, -0.1) is 5.10 Å². The van der Waals surface area contributed by atoms with E-state index < -0.39 is 29.4 Å². The molecule has 42 heavy (non-hydrogen) atoms. The fourth-order valence-electron chi connectivity index (χ4n) is 5.03. The lowest BCUT2D eigenvalue weighted by atomic mass is 9.90. The SMILES string of the molecule is CCN(C)CCN(C)Cc1cc(C#N)ccc1[C@@H]1C(C(=O)OC)=C(C)N(c2cccc(C(F)(F)F)c2)c2n[nH]c(=O)n21. The first-order chi connectivity index (χ1) is 19.9. The van der Waals surface area contributed by atoms with Crippen LogP contribution < -0.4 is 10.6 Å². The number of carbonyl (C=O) groups is 1. The number of H-pyrrole nitrogens is 1. The number of aromatic amines is 1. The molecule has 13 heteroatoms. The van der Waals surface area contributed by atoms with Crippen LogP contribution >= 0.6 is 0 Å². The Morgan fingerprint density at radius 3 is 2.52 bits per heavy atom. The number of fused-ring (bicyclic) bond motifs is 1. The van der Waals surface area contributed by atoms with Gasteiger partial charge < -0.3 is 14.5 Å². The Balaban J connectivity index is 1.92. The number of halogens is 3. The molecule has 0 unspecified atom stereocenters. The number of ether oxygens (including phenoxy) is 1. The largest absolute Gasteiger partial charge is 0.466 e. The van der Waals surface area contributed by atoms with Crippen LogP contribution in [-0.4, -0.2) is 71.4 Å². The first kappa shape index (κ1) is 30.5. The van der Waals surface area contributed by atoms with Crippen LogP contribution in [0.2, 0.25) is 0 Å². The monoisotopic (exact) mass is 583 g/mol. The lowest BCUT2D eigenvalue weighted by Crippen LogP contribution is -2.38. The molecule has 0 spiro atoms. The summed E-state index contributed by atoms with van der Waals surface area (Å²) in [6.07, 6.45) is -4.61. The van der Waals surface area contributed by atoms with Gasteiger partial charge in [-0.05, 0) is 69.0 Å². The van der Waals surface area contributed by atoms with Gasteiger partial charge in [0, 0.05) is 31.0 Å². The van der Waals surface area contributed by atoms with Crippen molar-refractivity contribution in [3.63, 3.8) is 0 Å². The third-order valence-electron chi connectivity index (χ3n) is 7.39. The summed E-state index contributed by atoms with van der Waals surface area (Å²) in [5.74, 6) is -0.760. The van der Waals surface area contributed by atoms with Gasteiger partial charge >= 0.3 is 17.8 Å². The number of methoxy groups -OCH3 is 1. The van der Waals surface area contributed by atoms with Crippen LogP contribution in [0.3, 0.4) is 0 Å². The zero-order chi connectivity index (χ0) is 30.8.